The molecule has 1 fully saturated rings. The van der Waals surface area contributed by atoms with Gasteiger partial charge in [0.15, 0.2) is 11.5 Å². The van der Waals surface area contributed by atoms with Gasteiger partial charge in [-0.1, -0.05) is 31.2 Å². The molecule has 0 saturated carbocycles. The summed E-state index contributed by atoms with van der Waals surface area (Å²) in [5, 5.41) is 0. The summed E-state index contributed by atoms with van der Waals surface area (Å²) in [6, 6.07) is 12.8. The van der Waals surface area contributed by atoms with Gasteiger partial charge in [-0.15, -0.1) is 0 Å². The van der Waals surface area contributed by atoms with E-state index in [2.05, 4.69) is 19.1 Å². The van der Waals surface area contributed by atoms with Gasteiger partial charge in [0.1, 0.15) is 0 Å². The summed E-state index contributed by atoms with van der Waals surface area (Å²) < 4.78 is 43.9. The fourth-order valence-corrected chi connectivity index (χ4v) is 4.58. The summed E-state index contributed by atoms with van der Waals surface area (Å²) in [5.74, 6) is 0.880. The third-order valence-corrected chi connectivity index (χ3v) is 6.64. The Balaban J connectivity index is 1.83. The lowest BCUT2D eigenvalue weighted by molar-refractivity contribution is -0.00256. The number of benzene rings is 2. The van der Waals surface area contributed by atoms with Crippen LogP contribution in [0.25, 0.3) is 0 Å². The predicted molar refractivity (Wildman–Crippen MR) is 103 cm³/mol. The molecule has 3 rings (SSSR count). The number of nitrogens with zero attached hydrogens (tertiary/aromatic N) is 1. The van der Waals surface area contributed by atoms with E-state index in [0.717, 1.165) is 12.0 Å². The zero-order valence-electron chi connectivity index (χ0n) is 15.8. The second kappa shape index (κ2) is 8.29. The normalized spacial score (nSPS) is 18.3. The van der Waals surface area contributed by atoms with E-state index in [1.807, 2.05) is 12.1 Å². The molecular formula is C20H25NO5S. The highest BCUT2D eigenvalue weighted by Gasteiger charge is 2.32. The molecule has 146 valence electrons. The van der Waals surface area contributed by atoms with Crippen LogP contribution in [0.3, 0.4) is 0 Å². The van der Waals surface area contributed by atoms with Gasteiger partial charge in [0.05, 0.1) is 31.8 Å². The average Bonchev–Trinajstić information content (AvgIpc) is 2.73. The van der Waals surface area contributed by atoms with Crippen molar-refractivity contribution < 1.29 is 22.6 Å². The molecule has 0 bridgehead atoms. The second-order valence-corrected chi connectivity index (χ2v) is 8.27. The van der Waals surface area contributed by atoms with Gasteiger partial charge in [-0.05, 0) is 29.7 Å². The van der Waals surface area contributed by atoms with Crippen molar-refractivity contribution in [3.63, 3.8) is 0 Å². The van der Waals surface area contributed by atoms with Gasteiger partial charge in [-0.2, -0.15) is 4.31 Å². The fourth-order valence-electron chi connectivity index (χ4n) is 3.14. The highest BCUT2D eigenvalue weighted by molar-refractivity contribution is 7.89. The molecule has 1 heterocycles. The van der Waals surface area contributed by atoms with Crippen LogP contribution in [-0.2, 0) is 21.2 Å². The van der Waals surface area contributed by atoms with Crippen molar-refractivity contribution in [2.24, 2.45) is 0 Å². The molecule has 2 aromatic carbocycles. The van der Waals surface area contributed by atoms with Crippen LogP contribution in [-0.4, -0.2) is 46.6 Å². The SMILES string of the molecule is CCc1ccc(C2CN(S(=O)(=O)c3ccc(OC)c(OC)c3)CCO2)cc1. The molecule has 0 spiro atoms. The van der Waals surface area contributed by atoms with Gasteiger partial charge < -0.3 is 14.2 Å². The van der Waals surface area contributed by atoms with E-state index >= 15 is 0 Å². The van der Waals surface area contributed by atoms with Crippen LogP contribution >= 0.6 is 0 Å². The lowest BCUT2D eigenvalue weighted by Gasteiger charge is -2.32. The first-order valence-corrected chi connectivity index (χ1v) is 10.4. The molecule has 27 heavy (non-hydrogen) atoms. The van der Waals surface area contributed by atoms with Crippen LogP contribution < -0.4 is 9.47 Å². The highest BCUT2D eigenvalue weighted by atomic mass is 32.2. The van der Waals surface area contributed by atoms with Crippen molar-refractivity contribution in [3.8, 4) is 11.5 Å². The van der Waals surface area contributed by atoms with Gasteiger partial charge in [0, 0.05) is 19.2 Å². The third kappa shape index (κ3) is 4.10. The van der Waals surface area contributed by atoms with E-state index < -0.39 is 10.0 Å². The maximum absolute atomic E-state index is 13.1. The average molecular weight is 391 g/mol. The minimum Gasteiger partial charge on any atom is -0.493 e. The predicted octanol–water partition coefficient (Wildman–Crippen LogP) is 3.03. The molecule has 0 amide bonds. The summed E-state index contributed by atoms with van der Waals surface area (Å²) >= 11 is 0. The zero-order valence-corrected chi connectivity index (χ0v) is 16.7. The number of ether oxygens (including phenoxy) is 3. The Hall–Kier alpha value is -2.09. The molecule has 1 atom stereocenters. The number of rotatable bonds is 6. The molecule has 1 aliphatic heterocycles. The van der Waals surface area contributed by atoms with Crippen LogP contribution in [0, 0.1) is 0 Å². The first-order chi connectivity index (χ1) is 13.0. The number of morpholine rings is 1. The molecule has 0 N–H and O–H groups in total. The summed E-state index contributed by atoms with van der Waals surface area (Å²) in [4.78, 5) is 0.183. The number of hydrogen-bond acceptors (Lipinski definition) is 5. The van der Waals surface area contributed by atoms with E-state index in [0.29, 0.717) is 24.7 Å². The lowest BCUT2D eigenvalue weighted by atomic mass is 10.1. The van der Waals surface area contributed by atoms with E-state index in [9.17, 15) is 8.42 Å². The highest BCUT2D eigenvalue weighted by Crippen LogP contribution is 2.32. The number of methoxy groups -OCH3 is 2. The molecule has 0 aromatic heterocycles. The maximum atomic E-state index is 13.1. The van der Waals surface area contributed by atoms with Gasteiger partial charge in [0.2, 0.25) is 10.0 Å². The Labute approximate surface area is 160 Å². The standard InChI is InChI=1S/C20H25NO5S/c1-4-15-5-7-16(8-6-15)20-14-21(11-12-26-20)27(22,23)17-9-10-18(24-2)19(13-17)25-3/h5-10,13,20H,4,11-12,14H2,1-3H3. The van der Waals surface area contributed by atoms with Crippen molar-refractivity contribution in [3.05, 3.63) is 53.6 Å². The molecule has 1 aliphatic rings. The maximum Gasteiger partial charge on any atom is 0.243 e. The molecule has 0 aliphatic carbocycles. The van der Waals surface area contributed by atoms with Crippen LogP contribution in [0.4, 0.5) is 0 Å². The van der Waals surface area contributed by atoms with E-state index in [-0.39, 0.29) is 17.5 Å². The largest absolute Gasteiger partial charge is 0.493 e. The monoisotopic (exact) mass is 391 g/mol. The van der Waals surface area contributed by atoms with E-state index in [1.54, 1.807) is 6.07 Å². The topological polar surface area (TPSA) is 65.1 Å². The van der Waals surface area contributed by atoms with Crippen LogP contribution in [0.2, 0.25) is 0 Å². The summed E-state index contributed by atoms with van der Waals surface area (Å²) in [5.41, 5.74) is 2.23. The molecular weight excluding hydrogens is 366 g/mol. The van der Waals surface area contributed by atoms with Crippen LogP contribution in [0.5, 0.6) is 11.5 Å². The van der Waals surface area contributed by atoms with Crippen LogP contribution in [0.1, 0.15) is 24.2 Å². The smallest absolute Gasteiger partial charge is 0.243 e. The lowest BCUT2D eigenvalue weighted by Crippen LogP contribution is -2.42. The molecule has 2 aromatic rings. The van der Waals surface area contributed by atoms with Crippen molar-refractivity contribution in [1.82, 2.24) is 4.31 Å². The first-order valence-electron chi connectivity index (χ1n) is 8.92. The van der Waals surface area contributed by atoms with E-state index in [4.69, 9.17) is 14.2 Å². The van der Waals surface area contributed by atoms with E-state index in [1.165, 1.54) is 36.2 Å². The molecule has 1 saturated heterocycles. The summed E-state index contributed by atoms with van der Waals surface area (Å²) in [7, 11) is -0.654. The summed E-state index contributed by atoms with van der Waals surface area (Å²) in [6.45, 7) is 3.05. The molecule has 0 radical (unpaired) electrons. The quantitative estimate of drug-likeness (QED) is 0.757. The Morgan fingerprint density at radius 3 is 2.41 bits per heavy atom. The number of aryl methyl sites for hydroxylation is 1. The minimum absolute atomic E-state index is 0.183. The Bertz CT molecular complexity index is 880. The minimum atomic E-state index is -3.66. The van der Waals surface area contributed by atoms with Gasteiger partial charge in [-0.25, -0.2) is 8.42 Å². The van der Waals surface area contributed by atoms with Gasteiger partial charge in [0.25, 0.3) is 0 Å². The molecule has 6 nitrogen and oxygen atoms in total. The fraction of sp³-hybridized carbons (Fsp3) is 0.400. The summed E-state index contributed by atoms with van der Waals surface area (Å²) in [6.07, 6.45) is 0.686. The zero-order chi connectivity index (χ0) is 19.4. The third-order valence-electron chi connectivity index (χ3n) is 4.78. The molecule has 1 unspecified atom stereocenters. The van der Waals surface area contributed by atoms with Gasteiger partial charge >= 0.3 is 0 Å². The van der Waals surface area contributed by atoms with Crippen molar-refractivity contribution in [2.75, 3.05) is 33.9 Å². The Kier molecular flexibility index (Phi) is 6.04. The number of sulfonamides is 1. The van der Waals surface area contributed by atoms with Crippen molar-refractivity contribution >= 4 is 10.0 Å². The van der Waals surface area contributed by atoms with Crippen molar-refractivity contribution in [2.45, 2.75) is 24.3 Å². The second-order valence-electron chi connectivity index (χ2n) is 6.33. The Morgan fingerprint density at radius 2 is 1.78 bits per heavy atom. The number of hydrogen-bond donors (Lipinski definition) is 0. The molecule has 7 heteroatoms. The first kappa shape index (κ1) is 19.7. The van der Waals surface area contributed by atoms with Gasteiger partial charge in [-0.3, -0.25) is 0 Å². The van der Waals surface area contributed by atoms with Crippen molar-refractivity contribution in [1.29, 1.82) is 0 Å². The van der Waals surface area contributed by atoms with Crippen LogP contribution in [0.15, 0.2) is 47.4 Å². The Morgan fingerprint density at radius 1 is 1.07 bits per heavy atom.